The maximum atomic E-state index is 8.81. The predicted octanol–water partition coefficient (Wildman–Crippen LogP) is -6.92. The molecule has 0 saturated heterocycles. The normalized spacial score (nSPS) is 5.89. The highest BCUT2D eigenvalue weighted by Gasteiger charge is 2.04. The zero-order chi connectivity index (χ0) is 12.0. The monoisotopic (exact) mass is 282 g/mol. The molecule has 12 heteroatoms. The van der Waals surface area contributed by atoms with Crippen LogP contribution in [-0.2, 0) is 19.2 Å². The van der Waals surface area contributed by atoms with E-state index in [-0.39, 0.29) is 47.0 Å². The molecule has 0 spiro atoms. The first-order valence-corrected chi connectivity index (χ1v) is 2.98. The van der Waals surface area contributed by atoms with E-state index in [0.717, 1.165) is 0 Å². The van der Waals surface area contributed by atoms with Gasteiger partial charge in [-0.15, -0.1) is 0 Å². The summed E-state index contributed by atoms with van der Waals surface area (Å²) in [7, 11) is 0. The number of aliphatic hydroxyl groups is 4. The van der Waals surface area contributed by atoms with Crippen LogP contribution in [0.25, 0.3) is 0 Å². The van der Waals surface area contributed by atoms with Crippen LogP contribution in [0.5, 0.6) is 0 Å². The number of carbonyl (C=O) groups is 4. The Morgan fingerprint density at radius 2 is 0.611 bits per heavy atom. The van der Waals surface area contributed by atoms with E-state index >= 15 is 0 Å². The van der Waals surface area contributed by atoms with Gasteiger partial charge in [0.05, 0.1) is 0 Å². The van der Waals surface area contributed by atoms with Crippen molar-refractivity contribution in [2.24, 2.45) is 0 Å². The maximum Gasteiger partial charge on any atom is 0.204 e. The molecule has 0 rings (SSSR count). The smallest absolute Gasteiger partial charge is 0.204 e. The van der Waals surface area contributed by atoms with Gasteiger partial charge in [-0.05, 0) is 0 Å². The summed E-state index contributed by atoms with van der Waals surface area (Å²) in [4.78, 5) is 35.2. The molecule has 114 valence electrons. The molecule has 0 bridgehead atoms. The van der Waals surface area contributed by atoms with Gasteiger partial charge in [-0.2, -0.15) is 0 Å². The van der Waals surface area contributed by atoms with Gasteiger partial charge in [-0.25, -0.2) is 0 Å². The topological polar surface area (TPSA) is 275 Å². The van der Waals surface area contributed by atoms with Crippen molar-refractivity contribution in [2.75, 3.05) is 0 Å². The van der Waals surface area contributed by atoms with Crippen molar-refractivity contribution in [3.63, 3.8) is 0 Å². The molecule has 0 radical (unpaired) electrons. The van der Waals surface area contributed by atoms with E-state index in [0.29, 0.717) is 0 Å². The summed E-state index contributed by atoms with van der Waals surface area (Å²) in [5, 5.41) is 30.7. The maximum absolute atomic E-state index is 8.81. The van der Waals surface area contributed by atoms with Crippen molar-refractivity contribution in [3.8, 4) is 0 Å². The first-order chi connectivity index (χ1) is 6.47. The van der Waals surface area contributed by atoms with Gasteiger partial charge in [-0.3, -0.25) is 19.2 Å². The molecule has 12 N–H and O–H groups in total. The van der Waals surface area contributed by atoms with Crippen molar-refractivity contribution in [2.45, 2.75) is 12.6 Å². The van der Waals surface area contributed by atoms with Crippen LogP contribution < -0.4 is 0 Å². The van der Waals surface area contributed by atoms with Crippen molar-refractivity contribution < 1.29 is 61.5 Å². The Kier molecular flexibility index (Phi) is 111. The van der Waals surface area contributed by atoms with E-state index < -0.39 is 12.6 Å². The number of aldehydes is 4. The lowest BCUT2D eigenvalue weighted by molar-refractivity contribution is -0.207. The quantitative estimate of drug-likeness (QED) is 0.218. The van der Waals surface area contributed by atoms with Crippen LogP contribution in [0, 0.1) is 0 Å². The fraction of sp³-hybridized carbons (Fsp3) is 0.333. The fourth-order valence-corrected chi connectivity index (χ4v) is 0. The number of carbonyl (C=O) groups excluding carboxylic acids is 4. The van der Waals surface area contributed by atoms with E-state index in [1.54, 1.807) is 0 Å². The second-order valence-electron chi connectivity index (χ2n) is 1.37. The Morgan fingerprint density at radius 3 is 0.611 bits per heavy atom. The van der Waals surface area contributed by atoms with Crippen LogP contribution >= 0.6 is 0 Å². The molecule has 0 aliphatic heterocycles. The lowest BCUT2D eigenvalue weighted by atomic mass is 10.6. The lowest BCUT2D eigenvalue weighted by Crippen LogP contribution is -2.23. The molecule has 12 nitrogen and oxygen atoms in total. The third-order valence-corrected chi connectivity index (χ3v) is 0.378. The van der Waals surface area contributed by atoms with Gasteiger partial charge in [0.15, 0.2) is 25.1 Å². The highest BCUT2D eigenvalue weighted by Crippen LogP contribution is 1.77. The Balaban J connectivity index is -0.0000000186. The molecule has 0 saturated carbocycles. The molecule has 0 aromatic rings. The summed E-state index contributed by atoms with van der Waals surface area (Å²) in [6, 6.07) is 0. The highest BCUT2D eigenvalue weighted by atomic mass is 16.6. The Hall–Kier alpha value is -1.64. The number of hydrogen-bond donors (Lipinski definition) is 4. The lowest BCUT2D eigenvalue weighted by Gasteiger charge is -2.01. The van der Waals surface area contributed by atoms with Crippen LogP contribution in [-0.4, -0.2) is 80.1 Å². The van der Waals surface area contributed by atoms with Crippen LogP contribution in [0.2, 0.25) is 0 Å². The van der Waals surface area contributed by atoms with Gasteiger partial charge in [0, 0.05) is 0 Å². The van der Waals surface area contributed by atoms with Gasteiger partial charge >= 0.3 is 0 Å². The van der Waals surface area contributed by atoms with Crippen molar-refractivity contribution in [3.05, 3.63) is 0 Å². The second-order valence-corrected chi connectivity index (χ2v) is 1.37. The van der Waals surface area contributed by atoms with Crippen molar-refractivity contribution in [1.82, 2.24) is 0 Å². The molecule has 0 aliphatic rings. The van der Waals surface area contributed by atoms with Crippen LogP contribution in [0.4, 0.5) is 0 Å². The molecular formula is C6H18O12. The van der Waals surface area contributed by atoms with E-state index in [1.165, 1.54) is 0 Å². The third kappa shape index (κ3) is 135. The SMILES string of the molecule is O.O.O.O.O=CC=O.O=CC=O.OC(O)C(O)O. The van der Waals surface area contributed by atoms with Gasteiger partial charge < -0.3 is 42.3 Å². The minimum Gasteiger partial charge on any atom is -0.412 e. The zero-order valence-electron chi connectivity index (χ0n) is 8.89. The number of hydrogen-bond acceptors (Lipinski definition) is 8. The van der Waals surface area contributed by atoms with Crippen molar-refractivity contribution >= 4 is 25.1 Å². The first-order valence-electron chi connectivity index (χ1n) is 2.98. The summed E-state index contributed by atoms with van der Waals surface area (Å²) in [6.07, 6.45) is -3.30. The highest BCUT2D eigenvalue weighted by molar-refractivity contribution is 6.09. The van der Waals surface area contributed by atoms with E-state index in [2.05, 4.69) is 0 Å². The average Bonchev–Trinajstić information content (AvgIpc) is 2.18. The Labute approximate surface area is 100 Å². The molecule has 0 aliphatic carbocycles. The zero-order valence-corrected chi connectivity index (χ0v) is 8.89. The van der Waals surface area contributed by atoms with Crippen LogP contribution in [0.15, 0.2) is 0 Å². The minimum absolute atomic E-state index is 0. The summed E-state index contributed by atoms with van der Waals surface area (Å²) in [5.41, 5.74) is 0. The van der Waals surface area contributed by atoms with E-state index in [4.69, 9.17) is 39.6 Å². The van der Waals surface area contributed by atoms with Crippen LogP contribution in [0.1, 0.15) is 0 Å². The molecular weight excluding hydrogens is 264 g/mol. The summed E-state index contributed by atoms with van der Waals surface area (Å²) in [5.74, 6) is 0. The van der Waals surface area contributed by atoms with E-state index in [9.17, 15) is 0 Å². The van der Waals surface area contributed by atoms with Crippen LogP contribution in [0.3, 0.4) is 0 Å². The number of rotatable bonds is 3. The Bertz CT molecular complexity index is 125. The van der Waals surface area contributed by atoms with Gasteiger partial charge in [0.2, 0.25) is 12.6 Å². The summed E-state index contributed by atoms with van der Waals surface area (Å²) >= 11 is 0. The molecule has 0 amide bonds. The predicted molar refractivity (Wildman–Crippen MR) is 55.2 cm³/mol. The average molecular weight is 282 g/mol. The molecule has 18 heavy (non-hydrogen) atoms. The Morgan fingerprint density at radius 1 is 0.500 bits per heavy atom. The minimum atomic E-state index is -2.04. The first kappa shape index (κ1) is 44.1. The standard InChI is InChI=1S/C2H6O4.2C2H2O2.4H2O/c3-1(4)2(5)6;2*3-1-2-4;;;;/h1-6H;2*1-2H;4*1H2. The van der Waals surface area contributed by atoms with Gasteiger partial charge in [0.25, 0.3) is 0 Å². The third-order valence-electron chi connectivity index (χ3n) is 0.378. The summed E-state index contributed by atoms with van der Waals surface area (Å²) in [6.45, 7) is 0. The second kappa shape index (κ2) is 45.3. The largest absolute Gasteiger partial charge is 0.412 e. The number of aliphatic hydroxyl groups excluding tert-OH is 2. The van der Waals surface area contributed by atoms with Crippen molar-refractivity contribution in [1.29, 1.82) is 0 Å². The molecule has 0 aromatic carbocycles. The molecule has 0 unspecified atom stereocenters. The molecule has 0 fully saturated rings. The summed E-state index contributed by atoms with van der Waals surface area (Å²) < 4.78 is 0. The molecule has 0 heterocycles. The molecule has 0 atom stereocenters. The van der Waals surface area contributed by atoms with E-state index in [1.807, 2.05) is 0 Å². The fourth-order valence-electron chi connectivity index (χ4n) is 0. The van der Waals surface area contributed by atoms with Gasteiger partial charge in [0.1, 0.15) is 0 Å². The van der Waals surface area contributed by atoms with Gasteiger partial charge in [-0.1, -0.05) is 0 Å². The molecule has 0 aromatic heterocycles.